The predicted molar refractivity (Wildman–Crippen MR) is 115 cm³/mol. The number of carbonyl (C=O) groups excluding carboxylic acids is 1. The van der Waals surface area contributed by atoms with E-state index in [1.807, 2.05) is 42.6 Å². The Morgan fingerprint density at radius 1 is 1.17 bits per heavy atom. The van der Waals surface area contributed by atoms with Gasteiger partial charge in [0.25, 0.3) is 5.91 Å². The van der Waals surface area contributed by atoms with E-state index in [0.717, 1.165) is 48.7 Å². The lowest BCUT2D eigenvalue weighted by molar-refractivity contribution is 0.0949. The third-order valence-corrected chi connectivity index (χ3v) is 5.64. The Kier molecular flexibility index (Phi) is 6.02. The number of rotatable bonds is 7. The van der Waals surface area contributed by atoms with Crippen molar-refractivity contribution in [1.82, 2.24) is 14.9 Å². The van der Waals surface area contributed by atoms with Crippen molar-refractivity contribution in [3.8, 4) is 11.5 Å². The molecule has 0 radical (unpaired) electrons. The summed E-state index contributed by atoms with van der Waals surface area (Å²) in [6.45, 7) is 1.36. The van der Waals surface area contributed by atoms with Crippen LogP contribution in [0.15, 0.2) is 54.7 Å². The number of hydrogen-bond acceptors (Lipinski definition) is 4. The topological polar surface area (TPSA) is 65.4 Å². The fourth-order valence-corrected chi connectivity index (χ4v) is 4.02. The normalized spacial score (nSPS) is 15.3. The number of ether oxygens (including phenoxy) is 2. The van der Waals surface area contributed by atoms with Crippen LogP contribution >= 0.6 is 0 Å². The lowest BCUT2D eigenvalue weighted by Gasteiger charge is -2.25. The molecule has 0 spiro atoms. The molecule has 0 unspecified atom stereocenters. The Balaban J connectivity index is 1.42. The van der Waals surface area contributed by atoms with Gasteiger partial charge in [0.15, 0.2) is 0 Å². The maximum absolute atomic E-state index is 12.6. The standard InChI is InChI=1S/C24H27N3O3/c1-29-19-9-10-22(30-2)20(14-19)18-8-11-23-26-21(16-27(23)15-18)24(28)25-13-12-17-6-4-3-5-7-17/h3-7,9-10,14,16,18H,8,11-13,15H2,1-2H3,(H,25,28)/t18-/m0/s1. The van der Waals surface area contributed by atoms with Crippen molar-refractivity contribution < 1.29 is 14.3 Å². The van der Waals surface area contributed by atoms with Gasteiger partial charge in [0.05, 0.1) is 14.2 Å². The highest BCUT2D eigenvalue weighted by Crippen LogP contribution is 2.36. The Morgan fingerprint density at radius 2 is 2.00 bits per heavy atom. The Morgan fingerprint density at radius 3 is 2.77 bits per heavy atom. The molecule has 4 rings (SSSR count). The third kappa shape index (κ3) is 4.32. The summed E-state index contributed by atoms with van der Waals surface area (Å²) >= 11 is 0. The molecule has 0 fully saturated rings. The summed E-state index contributed by atoms with van der Waals surface area (Å²) < 4.78 is 13.1. The lowest BCUT2D eigenvalue weighted by atomic mass is 9.90. The van der Waals surface area contributed by atoms with E-state index in [2.05, 4.69) is 27.0 Å². The fraction of sp³-hybridized carbons (Fsp3) is 0.333. The van der Waals surface area contributed by atoms with Gasteiger partial charge in [-0.15, -0.1) is 0 Å². The van der Waals surface area contributed by atoms with Crippen LogP contribution in [0.1, 0.15) is 39.8 Å². The molecule has 0 saturated heterocycles. The summed E-state index contributed by atoms with van der Waals surface area (Å²) in [7, 11) is 3.36. The summed E-state index contributed by atoms with van der Waals surface area (Å²) in [4.78, 5) is 17.1. The average molecular weight is 405 g/mol. The number of methoxy groups -OCH3 is 2. The van der Waals surface area contributed by atoms with Crippen molar-refractivity contribution in [2.75, 3.05) is 20.8 Å². The highest BCUT2D eigenvalue weighted by atomic mass is 16.5. The Hall–Kier alpha value is -3.28. The third-order valence-electron chi connectivity index (χ3n) is 5.64. The summed E-state index contributed by atoms with van der Waals surface area (Å²) in [6, 6.07) is 16.0. The van der Waals surface area contributed by atoms with Crippen LogP contribution < -0.4 is 14.8 Å². The van der Waals surface area contributed by atoms with Gasteiger partial charge < -0.3 is 19.4 Å². The number of hydrogen-bond donors (Lipinski definition) is 1. The van der Waals surface area contributed by atoms with Crippen LogP contribution in [-0.4, -0.2) is 36.2 Å². The molecule has 156 valence electrons. The highest BCUT2D eigenvalue weighted by Gasteiger charge is 2.25. The van der Waals surface area contributed by atoms with Crippen molar-refractivity contribution in [2.24, 2.45) is 0 Å². The van der Waals surface area contributed by atoms with Crippen molar-refractivity contribution >= 4 is 5.91 Å². The van der Waals surface area contributed by atoms with Crippen LogP contribution in [0.5, 0.6) is 11.5 Å². The van der Waals surface area contributed by atoms with Crippen LogP contribution in [0.2, 0.25) is 0 Å². The van der Waals surface area contributed by atoms with Crippen LogP contribution in [0.25, 0.3) is 0 Å². The minimum absolute atomic E-state index is 0.122. The molecule has 2 aromatic carbocycles. The fourth-order valence-electron chi connectivity index (χ4n) is 4.02. The van der Waals surface area contributed by atoms with Gasteiger partial charge in [0, 0.05) is 37.2 Å². The molecule has 6 nitrogen and oxygen atoms in total. The number of nitrogens with one attached hydrogen (secondary N) is 1. The molecule has 0 aliphatic carbocycles. The van der Waals surface area contributed by atoms with Crippen molar-refractivity contribution in [1.29, 1.82) is 0 Å². The Labute approximate surface area is 176 Å². The zero-order valence-electron chi connectivity index (χ0n) is 17.4. The van der Waals surface area contributed by atoms with Gasteiger partial charge in [-0.1, -0.05) is 30.3 Å². The van der Waals surface area contributed by atoms with E-state index in [0.29, 0.717) is 12.2 Å². The lowest BCUT2D eigenvalue weighted by Crippen LogP contribution is -2.26. The van der Waals surface area contributed by atoms with Crippen LogP contribution in [-0.2, 0) is 19.4 Å². The molecular weight excluding hydrogens is 378 g/mol. The number of aromatic nitrogens is 2. The molecule has 30 heavy (non-hydrogen) atoms. The SMILES string of the molecule is COc1ccc(OC)c([C@H]2CCc3nc(C(=O)NCCc4ccccc4)cn3C2)c1. The number of benzene rings is 2. The maximum Gasteiger partial charge on any atom is 0.271 e. The van der Waals surface area contributed by atoms with Crippen LogP contribution in [0, 0.1) is 0 Å². The quantitative estimate of drug-likeness (QED) is 0.652. The first-order chi connectivity index (χ1) is 14.7. The molecule has 1 aliphatic heterocycles. The first-order valence-electron chi connectivity index (χ1n) is 10.3. The first-order valence-corrected chi connectivity index (χ1v) is 10.3. The predicted octanol–water partition coefficient (Wildman–Crippen LogP) is 3.60. The minimum Gasteiger partial charge on any atom is -0.497 e. The van der Waals surface area contributed by atoms with Crippen molar-refractivity contribution in [2.45, 2.75) is 31.7 Å². The molecule has 1 amide bonds. The smallest absolute Gasteiger partial charge is 0.271 e. The molecule has 0 bridgehead atoms. The highest BCUT2D eigenvalue weighted by molar-refractivity contribution is 5.92. The molecule has 1 atom stereocenters. The minimum atomic E-state index is -0.122. The second-order valence-electron chi connectivity index (χ2n) is 7.53. The van der Waals surface area contributed by atoms with E-state index in [4.69, 9.17) is 9.47 Å². The monoisotopic (exact) mass is 405 g/mol. The van der Waals surface area contributed by atoms with Gasteiger partial charge >= 0.3 is 0 Å². The van der Waals surface area contributed by atoms with Gasteiger partial charge in [-0.3, -0.25) is 4.79 Å². The van der Waals surface area contributed by atoms with E-state index < -0.39 is 0 Å². The number of imidazole rings is 1. The van der Waals surface area contributed by atoms with E-state index in [9.17, 15) is 4.79 Å². The van der Waals surface area contributed by atoms with Gasteiger partial charge in [0.2, 0.25) is 0 Å². The molecule has 2 heterocycles. The molecule has 1 aromatic heterocycles. The first kappa shape index (κ1) is 20.0. The summed E-state index contributed by atoms with van der Waals surface area (Å²) in [6.07, 6.45) is 4.45. The maximum atomic E-state index is 12.6. The number of amides is 1. The van der Waals surface area contributed by atoms with Crippen LogP contribution in [0.4, 0.5) is 0 Å². The summed E-state index contributed by atoms with van der Waals surface area (Å²) in [5.41, 5.74) is 2.82. The zero-order valence-corrected chi connectivity index (χ0v) is 17.4. The van der Waals surface area contributed by atoms with E-state index in [1.165, 1.54) is 5.56 Å². The van der Waals surface area contributed by atoms with Crippen molar-refractivity contribution in [3.63, 3.8) is 0 Å². The van der Waals surface area contributed by atoms with Gasteiger partial charge in [-0.25, -0.2) is 4.98 Å². The molecule has 0 saturated carbocycles. The van der Waals surface area contributed by atoms with Gasteiger partial charge in [-0.05, 0) is 36.6 Å². The summed E-state index contributed by atoms with van der Waals surface area (Å²) in [5.74, 6) is 2.80. The van der Waals surface area contributed by atoms with E-state index in [-0.39, 0.29) is 11.8 Å². The van der Waals surface area contributed by atoms with E-state index in [1.54, 1.807) is 14.2 Å². The number of fused-ring (bicyclic) bond motifs is 1. The second kappa shape index (κ2) is 9.03. The largest absolute Gasteiger partial charge is 0.497 e. The number of nitrogens with zero attached hydrogens (tertiary/aromatic N) is 2. The van der Waals surface area contributed by atoms with Gasteiger partial charge in [0.1, 0.15) is 23.0 Å². The van der Waals surface area contributed by atoms with Crippen molar-refractivity contribution in [3.05, 3.63) is 77.4 Å². The molecule has 6 heteroatoms. The zero-order chi connectivity index (χ0) is 20.9. The molecule has 3 aromatic rings. The molecule has 1 N–H and O–H groups in total. The number of aryl methyl sites for hydroxylation is 1. The molecule has 1 aliphatic rings. The Bertz CT molecular complexity index is 1010. The van der Waals surface area contributed by atoms with Crippen LogP contribution in [0.3, 0.4) is 0 Å². The summed E-state index contributed by atoms with van der Waals surface area (Å²) in [5, 5.41) is 2.98. The number of carbonyl (C=O) groups is 1. The molecular formula is C24H27N3O3. The van der Waals surface area contributed by atoms with Gasteiger partial charge in [-0.2, -0.15) is 0 Å². The second-order valence-corrected chi connectivity index (χ2v) is 7.53. The van der Waals surface area contributed by atoms with E-state index >= 15 is 0 Å². The average Bonchev–Trinajstić information content (AvgIpc) is 3.23.